The first-order chi connectivity index (χ1) is 15.1. The number of hydrogen-bond donors (Lipinski definition) is 1. The number of carbonyl (C=O) groups is 1. The Morgan fingerprint density at radius 2 is 1.61 bits per heavy atom. The highest BCUT2D eigenvalue weighted by atomic mass is 16.1. The molecule has 2 N–H and O–H groups in total. The second kappa shape index (κ2) is 7.99. The van der Waals surface area contributed by atoms with E-state index in [0.717, 1.165) is 42.9 Å². The van der Waals surface area contributed by atoms with E-state index in [1.54, 1.807) is 0 Å². The molecule has 4 heteroatoms. The Kier molecular flexibility index (Phi) is 5.17. The van der Waals surface area contributed by atoms with Gasteiger partial charge < -0.3 is 5.73 Å². The van der Waals surface area contributed by atoms with Gasteiger partial charge in [-0.15, -0.1) is 0 Å². The molecule has 2 aromatic carbocycles. The van der Waals surface area contributed by atoms with Crippen molar-refractivity contribution in [3.05, 3.63) is 90.0 Å². The maximum atomic E-state index is 13.3. The van der Waals surface area contributed by atoms with Crippen molar-refractivity contribution in [2.24, 2.45) is 17.6 Å². The molecule has 3 aromatic rings. The third-order valence-electron chi connectivity index (χ3n) is 7.61. The second-order valence-electron chi connectivity index (χ2n) is 9.42. The van der Waals surface area contributed by atoms with Crippen LogP contribution in [0.2, 0.25) is 0 Å². The third kappa shape index (κ3) is 3.48. The highest BCUT2D eigenvalue weighted by Crippen LogP contribution is 2.50. The van der Waals surface area contributed by atoms with E-state index >= 15 is 0 Å². The zero-order chi connectivity index (χ0) is 21.4. The van der Waals surface area contributed by atoms with Gasteiger partial charge in [0.1, 0.15) is 23.9 Å². The quantitative estimate of drug-likeness (QED) is 0.576. The van der Waals surface area contributed by atoms with E-state index in [1.165, 1.54) is 18.7 Å². The van der Waals surface area contributed by atoms with E-state index < -0.39 is 5.41 Å². The van der Waals surface area contributed by atoms with E-state index in [2.05, 4.69) is 52.7 Å². The fourth-order valence-corrected chi connectivity index (χ4v) is 5.80. The van der Waals surface area contributed by atoms with Crippen LogP contribution < -0.4 is 10.3 Å². The number of amides is 1. The molecule has 1 heterocycles. The van der Waals surface area contributed by atoms with Crippen LogP contribution in [0.3, 0.4) is 0 Å². The summed E-state index contributed by atoms with van der Waals surface area (Å²) in [6.07, 6.45) is 10.2. The lowest BCUT2D eigenvalue weighted by molar-refractivity contribution is -0.705. The molecule has 0 radical (unpaired) electrons. The average Bonchev–Trinajstić information content (AvgIpc) is 3.36. The molecular weight excluding hydrogens is 382 g/mol. The van der Waals surface area contributed by atoms with E-state index in [0.29, 0.717) is 6.04 Å². The molecule has 0 unspecified atom stereocenters. The van der Waals surface area contributed by atoms with Crippen molar-refractivity contribution >= 4 is 5.91 Å². The largest absolute Gasteiger partial charge is 0.369 e. The first kappa shape index (κ1) is 20.0. The maximum absolute atomic E-state index is 13.3. The van der Waals surface area contributed by atoms with Crippen LogP contribution in [0.5, 0.6) is 0 Å². The lowest BCUT2D eigenvalue weighted by Crippen LogP contribution is -2.47. The summed E-state index contributed by atoms with van der Waals surface area (Å²) in [4.78, 5) is 13.3. The van der Waals surface area contributed by atoms with Gasteiger partial charge in [0.05, 0.1) is 6.54 Å². The topological polar surface area (TPSA) is 51.9 Å². The Morgan fingerprint density at radius 3 is 2.16 bits per heavy atom. The molecule has 0 saturated heterocycles. The number of nitrogens with zero attached hydrogens (tertiary/aromatic N) is 2. The molecule has 0 bridgehead atoms. The highest BCUT2D eigenvalue weighted by Gasteiger charge is 2.51. The van der Waals surface area contributed by atoms with Crippen LogP contribution in [0, 0.1) is 18.8 Å². The summed E-state index contributed by atoms with van der Waals surface area (Å²) < 4.78 is 4.84. The summed E-state index contributed by atoms with van der Waals surface area (Å²) in [5.41, 5.74) is 7.46. The van der Waals surface area contributed by atoms with Crippen molar-refractivity contribution in [3.63, 3.8) is 0 Å². The number of carbonyl (C=O) groups excluding carboxylic acids is 1. The molecule has 2 aliphatic rings. The number of nitrogens with two attached hydrogens (primary N) is 1. The fraction of sp³-hybridized carbons (Fsp3) is 0.407. The molecule has 2 saturated carbocycles. The van der Waals surface area contributed by atoms with Crippen molar-refractivity contribution < 1.29 is 9.36 Å². The molecule has 160 valence electrons. The van der Waals surface area contributed by atoms with Crippen molar-refractivity contribution in [1.29, 1.82) is 0 Å². The molecule has 2 atom stereocenters. The normalized spacial score (nSPS) is 21.3. The Labute approximate surface area is 184 Å². The minimum absolute atomic E-state index is 0.165. The zero-order valence-electron chi connectivity index (χ0n) is 18.3. The van der Waals surface area contributed by atoms with Gasteiger partial charge in [0.2, 0.25) is 5.91 Å². The van der Waals surface area contributed by atoms with Gasteiger partial charge in [0.25, 0.3) is 5.82 Å². The monoisotopic (exact) mass is 414 g/mol. The molecular formula is C27H32N3O+. The summed E-state index contributed by atoms with van der Waals surface area (Å²) in [6.45, 7) is 3.36. The van der Waals surface area contributed by atoms with Gasteiger partial charge >= 0.3 is 0 Å². The summed E-state index contributed by atoms with van der Waals surface area (Å²) in [6, 6.07) is 20.7. The van der Waals surface area contributed by atoms with Crippen LogP contribution in [0.15, 0.2) is 73.1 Å². The summed E-state index contributed by atoms with van der Waals surface area (Å²) in [7, 11) is 0. The van der Waals surface area contributed by atoms with E-state index in [-0.39, 0.29) is 11.8 Å². The average molecular weight is 415 g/mol. The van der Waals surface area contributed by atoms with Gasteiger partial charge in [0.15, 0.2) is 0 Å². The summed E-state index contributed by atoms with van der Waals surface area (Å²) in [5, 5.41) is 0. The number of benzene rings is 2. The molecule has 4 nitrogen and oxygen atoms in total. The first-order valence-electron chi connectivity index (χ1n) is 11.6. The number of aromatic nitrogens is 2. The molecule has 31 heavy (non-hydrogen) atoms. The SMILES string of the molecule is Cc1n([C@H]2CC[C@@H](C(C(N)=O)(c3ccccc3)c3ccccc3)C2)cc[n+]1CC1CC1. The molecule has 1 aromatic heterocycles. The molecule has 2 fully saturated rings. The minimum atomic E-state index is -0.803. The molecule has 2 aliphatic carbocycles. The number of hydrogen-bond acceptors (Lipinski definition) is 1. The van der Waals surface area contributed by atoms with Crippen LogP contribution in [0.1, 0.15) is 55.1 Å². The van der Waals surface area contributed by atoms with Crippen molar-refractivity contribution in [1.82, 2.24) is 4.57 Å². The Hall–Kier alpha value is -2.88. The maximum Gasteiger partial charge on any atom is 0.253 e. The predicted octanol–water partition coefficient (Wildman–Crippen LogP) is 4.31. The Bertz CT molecular complexity index is 1010. The van der Waals surface area contributed by atoms with Crippen LogP contribution >= 0.6 is 0 Å². The molecule has 0 aliphatic heterocycles. The van der Waals surface area contributed by atoms with Crippen LogP contribution in [0.25, 0.3) is 0 Å². The zero-order valence-corrected chi connectivity index (χ0v) is 18.3. The van der Waals surface area contributed by atoms with Crippen LogP contribution in [0.4, 0.5) is 0 Å². The van der Waals surface area contributed by atoms with Crippen molar-refractivity contribution in [3.8, 4) is 0 Å². The molecule has 5 rings (SSSR count). The predicted molar refractivity (Wildman–Crippen MR) is 121 cm³/mol. The van der Waals surface area contributed by atoms with Crippen LogP contribution in [-0.4, -0.2) is 10.5 Å². The van der Waals surface area contributed by atoms with E-state index in [1.807, 2.05) is 36.4 Å². The fourth-order valence-electron chi connectivity index (χ4n) is 5.80. The lowest BCUT2D eigenvalue weighted by atomic mass is 9.64. The van der Waals surface area contributed by atoms with Gasteiger partial charge in [-0.3, -0.25) is 4.79 Å². The lowest BCUT2D eigenvalue weighted by Gasteiger charge is -2.37. The van der Waals surface area contributed by atoms with Gasteiger partial charge in [-0.25, -0.2) is 9.13 Å². The van der Waals surface area contributed by atoms with Crippen LogP contribution in [-0.2, 0) is 16.8 Å². The van der Waals surface area contributed by atoms with E-state index in [4.69, 9.17) is 5.73 Å². The number of rotatable bonds is 7. The van der Waals surface area contributed by atoms with Crippen molar-refractivity contribution in [2.75, 3.05) is 0 Å². The molecule has 1 amide bonds. The summed E-state index contributed by atoms with van der Waals surface area (Å²) in [5.74, 6) is 2.10. The highest BCUT2D eigenvalue weighted by molar-refractivity contribution is 5.91. The van der Waals surface area contributed by atoms with Gasteiger partial charge in [-0.1, -0.05) is 60.7 Å². The van der Waals surface area contributed by atoms with Gasteiger partial charge in [0, 0.05) is 6.92 Å². The first-order valence-corrected chi connectivity index (χ1v) is 11.6. The van der Waals surface area contributed by atoms with Gasteiger partial charge in [-0.05, 0) is 55.1 Å². The number of imidazole rings is 1. The minimum Gasteiger partial charge on any atom is -0.369 e. The third-order valence-corrected chi connectivity index (χ3v) is 7.61. The standard InChI is InChI=1S/C27H31N3O/c1-20-29(19-21-12-13-21)16-17-30(20)25-15-14-24(18-25)27(26(28)31,22-8-4-2-5-9-22)23-10-6-3-7-11-23/h2-11,16-17,21,24-25H,12-15,18-19H2,1H3,(H-,28,31)/p+1/t24-,25+/m1/s1. The summed E-state index contributed by atoms with van der Waals surface area (Å²) >= 11 is 0. The smallest absolute Gasteiger partial charge is 0.253 e. The number of primary amides is 1. The molecule has 0 spiro atoms. The Morgan fingerprint density at radius 1 is 1.00 bits per heavy atom. The second-order valence-corrected chi connectivity index (χ2v) is 9.42. The van der Waals surface area contributed by atoms with Crippen molar-refractivity contribution in [2.45, 2.75) is 57.0 Å². The van der Waals surface area contributed by atoms with Gasteiger partial charge in [-0.2, -0.15) is 0 Å². The Balaban J connectivity index is 1.51. The van der Waals surface area contributed by atoms with E-state index in [9.17, 15) is 4.79 Å².